The Bertz CT molecular complexity index is 366. The van der Waals surface area contributed by atoms with Gasteiger partial charge in [0.1, 0.15) is 0 Å². The number of hydrogen-bond acceptors (Lipinski definition) is 2. The molecule has 0 aliphatic rings. The number of pyridine rings is 1. The Morgan fingerprint density at radius 1 is 1.50 bits per heavy atom. The first-order chi connectivity index (χ1) is 6.74. The predicted molar refractivity (Wildman–Crippen MR) is 57.2 cm³/mol. The van der Waals surface area contributed by atoms with E-state index in [0.717, 1.165) is 12.2 Å². The zero-order valence-electron chi connectivity index (χ0n) is 8.56. The van der Waals surface area contributed by atoms with E-state index in [2.05, 4.69) is 0 Å². The molecule has 3 heteroatoms. The summed E-state index contributed by atoms with van der Waals surface area (Å²) in [7, 11) is 1.74. The van der Waals surface area contributed by atoms with Crippen molar-refractivity contribution in [2.75, 3.05) is 13.2 Å². The van der Waals surface area contributed by atoms with E-state index in [1.165, 1.54) is 0 Å². The highest BCUT2D eigenvalue weighted by atomic mass is 16.5. The highest BCUT2D eigenvalue weighted by molar-refractivity contribution is 5.47. The molecule has 0 atom stereocenters. The Kier molecular flexibility index (Phi) is 4.13. The molecule has 0 amide bonds. The fraction of sp³-hybridized carbons (Fsp3) is 0.364. The van der Waals surface area contributed by atoms with Crippen LogP contribution in [0.2, 0.25) is 0 Å². The van der Waals surface area contributed by atoms with Gasteiger partial charge in [0.05, 0.1) is 6.61 Å². The van der Waals surface area contributed by atoms with E-state index in [-0.39, 0.29) is 5.56 Å². The van der Waals surface area contributed by atoms with Crippen molar-refractivity contribution in [3.8, 4) is 0 Å². The van der Waals surface area contributed by atoms with E-state index in [1.54, 1.807) is 29.9 Å². The van der Waals surface area contributed by atoms with Crippen LogP contribution in [0.4, 0.5) is 0 Å². The molecule has 0 unspecified atom stereocenters. The summed E-state index contributed by atoms with van der Waals surface area (Å²) >= 11 is 0. The van der Waals surface area contributed by atoms with Gasteiger partial charge in [0.15, 0.2) is 0 Å². The largest absolute Gasteiger partial charge is 0.378 e. The second-order valence-electron chi connectivity index (χ2n) is 2.97. The second-order valence-corrected chi connectivity index (χ2v) is 2.97. The van der Waals surface area contributed by atoms with Gasteiger partial charge in [-0.05, 0) is 18.6 Å². The van der Waals surface area contributed by atoms with E-state index in [1.807, 2.05) is 19.1 Å². The third-order valence-corrected chi connectivity index (χ3v) is 1.84. The lowest BCUT2D eigenvalue weighted by Gasteiger charge is -1.98. The molecule has 76 valence electrons. The zero-order chi connectivity index (χ0) is 10.4. The average molecular weight is 193 g/mol. The molecule has 0 N–H and O–H groups in total. The van der Waals surface area contributed by atoms with E-state index < -0.39 is 0 Å². The molecule has 0 aliphatic carbocycles. The topological polar surface area (TPSA) is 31.2 Å². The van der Waals surface area contributed by atoms with Gasteiger partial charge in [0.25, 0.3) is 0 Å². The minimum absolute atomic E-state index is 0.00644. The van der Waals surface area contributed by atoms with Crippen LogP contribution in [0.25, 0.3) is 6.08 Å². The fourth-order valence-electron chi connectivity index (χ4n) is 1.08. The molecule has 0 aliphatic heterocycles. The zero-order valence-corrected chi connectivity index (χ0v) is 8.56. The molecule has 1 rings (SSSR count). The first-order valence-electron chi connectivity index (χ1n) is 4.65. The minimum atomic E-state index is 0.00644. The maximum absolute atomic E-state index is 11.1. The van der Waals surface area contributed by atoms with Crippen LogP contribution in [0.1, 0.15) is 12.5 Å². The van der Waals surface area contributed by atoms with Gasteiger partial charge in [-0.3, -0.25) is 4.79 Å². The molecule has 0 bridgehead atoms. The first kappa shape index (κ1) is 10.7. The van der Waals surface area contributed by atoms with Crippen molar-refractivity contribution in [3.05, 3.63) is 40.3 Å². The Morgan fingerprint density at radius 2 is 2.29 bits per heavy atom. The summed E-state index contributed by atoms with van der Waals surface area (Å²) in [5, 5.41) is 0. The van der Waals surface area contributed by atoms with E-state index in [9.17, 15) is 4.79 Å². The lowest BCUT2D eigenvalue weighted by Crippen LogP contribution is -2.13. The standard InChI is InChI=1S/C11H15NO2/c1-3-14-8-4-5-10-6-7-11(13)12(2)9-10/h4-7,9H,3,8H2,1-2H3/b5-4+. The maximum atomic E-state index is 11.1. The maximum Gasteiger partial charge on any atom is 0.250 e. The summed E-state index contributed by atoms with van der Waals surface area (Å²) in [6.07, 6.45) is 5.67. The molecule has 1 aromatic heterocycles. The van der Waals surface area contributed by atoms with E-state index in [0.29, 0.717) is 6.61 Å². The molecular formula is C11H15NO2. The van der Waals surface area contributed by atoms with Crippen molar-refractivity contribution in [2.24, 2.45) is 7.05 Å². The van der Waals surface area contributed by atoms with Gasteiger partial charge >= 0.3 is 0 Å². The molecule has 0 aromatic carbocycles. The van der Waals surface area contributed by atoms with Crippen molar-refractivity contribution in [3.63, 3.8) is 0 Å². The van der Waals surface area contributed by atoms with Crippen molar-refractivity contribution in [2.45, 2.75) is 6.92 Å². The predicted octanol–water partition coefficient (Wildman–Crippen LogP) is 1.44. The van der Waals surface area contributed by atoms with Gasteiger partial charge < -0.3 is 9.30 Å². The third-order valence-electron chi connectivity index (χ3n) is 1.84. The van der Waals surface area contributed by atoms with Crippen LogP contribution in [0.5, 0.6) is 0 Å². The van der Waals surface area contributed by atoms with Gasteiger partial charge in [-0.1, -0.05) is 12.2 Å². The summed E-state index contributed by atoms with van der Waals surface area (Å²) in [6, 6.07) is 3.35. The molecular weight excluding hydrogens is 178 g/mol. The Hall–Kier alpha value is -1.35. The van der Waals surface area contributed by atoms with Gasteiger partial charge in [-0.2, -0.15) is 0 Å². The molecule has 0 saturated carbocycles. The van der Waals surface area contributed by atoms with Crippen molar-refractivity contribution in [1.82, 2.24) is 4.57 Å². The quantitative estimate of drug-likeness (QED) is 0.677. The first-order valence-corrected chi connectivity index (χ1v) is 4.65. The van der Waals surface area contributed by atoms with Crippen LogP contribution in [0.15, 0.2) is 29.2 Å². The van der Waals surface area contributed by atoms with Crippen LogP contribution in [-0.4, -0.2) is 17.8 Å². The van der Waals surface area contributed by atoms with Crippen LogP contribution in [-0.2, 0) is 11.8 Å². The van der Waals surface area contributed by atoms with Gasteiger partial charge in [-0.25, -0.2) is 0 Å². The highest BCUT2D eigenvalue weighted by Crippen LogP contribution is 1.97. The molecule has 0 radical (unpaired) electrons. The molecule has 3 nitrogen and oxygen atoms in total. The normalized spacial score (nSPS) is 11.0. The minimum Gasteiger partial charge on any atom is -0.378 e. The van der Waals surface area contributed by atoms with E-state index in [4.69, 9.17) is 4.74 Å². The monoisotopic (exact) mass is 193 g/mol. The number of nitrogens with zero attached hydrogens (tertiary/aromatic N) is 1. The summed E-state index contributed by atoms with van der Waals surface area (Å²) in [4.78, 5) is 11.1. The number of aromatic nitrogens is 1. The second kappa shape index (κ2) is 5.40. The lowest BCUT2D eigenvalue weighted by molar-refractivity contribution is 0.178. The summed E-state index contributed by atoms with van der Waals surface area (Å²) in [6.45, 7) is 3.29. The van der Waals surface area contributed by atoms with Gasteiger partial charge in [0.2, 0.25) is 5.56 Å². The number of hydrogen-bond donors (Lipinski definition) is 0. The Balaban J connectivity index is 2.63. The number of aryl methyl sites for hydroxylation is 1. The van der Waals surface area contributed by atoms with Crippen molar-refractivity contribution >= 4 is 6.08 Å². The lowest BCUT2D eigenvalue weighted by atomic mass is 10.2. The summed E-state index contributed by atoms with van der Waals surface area (Å²) in [5.41, 5.74) is 1.01. The van der Waals surface area contributed by atoms with Gasteiger partial charge in [-0.15, -0.1) is 0 Å². The average Bonchev–Trinajstić information content (AvgIpc) is 2.18. The molecule has 0 fully saturated rings. The summed E-state index contributed by atoms with van der Waals surface area (Å²) < 4.78 is 6.71. The van der Waals surface area contributed by atoms with Crippen LogP contribution in [0.3, 0.4) is 0 Å². The third kappa shape index (κ3) is 3.18. The smallest absolute Gasteiger partial charge is 0.250 e. The van der Waals surface area contributed by atoms with E-state index >= 15 is 0 Å². The van der Waals surface area contributed by atoms with Gasteiger partial charge in [0, 0.05) is 25.9 Å². The number of ether oxygens (including phenoxy) is 1. The van der Waals surface area contributed by atoms with Crippen molar-refractivity contribution < 1.29 is 4.74 Å². The number of rotatable bonds is 4. The molecule has 1 heterocycles. The van der Waals surface area contributed by atoms with Crippen molar-refractivity contribution in [1.29, 1.82) is 0 Å². The fourth-order valence-corrected chi connectivity index (χ4v) is 1.08. The highest BCUT2D eigenvalue weighted by Gasteiger charge is 1.90. The van der Waals surface area contributed by atoms with Crippen LogP contribution < -0.4 is 5.56 Å². The molecule has 14 heavy (non-hydrogen) atoms. The Labute approximate surface area is 83.6 Å². The molecule has 1 aromatic rings. The molecule has 0 spiro atoms. The summed E-state index contributed by atoms with van der Waals surface area (Å²) in [5.74, 6) is 0. The van der Waals surface area contributed by atoms with Crippen LogP contribution in [0, 0.1) is 0 Å². The van der Waals surface area contributed by atoms with Crippen LogP contribution >= 0.6 is 0 Å². The molecule has 0 saturated heterocycles. The SMILES string of the molecule is CCOC/C=C/c1ccc(=O)n(C)c1. The Morgan fingerprint density at radius 3 is 2.93 bits per heavy atom.